The van der Waals surface area contributed by atoms with Crippen LogP contribution >= 0.6 is 0 Å². The Morgan fingerprint density at radius 1 is 0.914 bits per heavy atom. The maximum Gasteiger partial charge on any atom is 0.229 e. The van der Waals surface area contributed by atoms with E-state index in [0.717, 1.165) is 12.1 Å². The number of fused-ring (bicyclic) bond motifs is 1. The number of methoxy groups -OCH3 is 2. The third kappa shape index (κ3) is 4.45. The van der Waals surface area contributed by atoms with Gasteiger partial charge in [-0.3, -0.25) is 4.79 Å². The molecule has 0 bridgehead atoms. The van der Waals surface area contributed by atoms with E-state index in [1.807, 2.05) is 0 Å². The van der Waals surface area contributed by atoms with Gasteiger partial charge in [0.15, 0.2) is 16.9 Å². The zero-order valence-corrected chi connectivity index (χ0v) is 18.6. The second kappa shape index (κ2) is 9.60. The van der Waals surface area contributed by atoms with E-state index in [4.69, 9.17) is 23.4 Å². The van der Waals surface area contributed by atoms with Gasteiger partial charge < -0.3 is 54.0 Å². The van der Waals surface area contributed by atoms with Crippen molar-refractivity contribution >= 4 is 11.0 Å². The highest BCUT2D eigenvalue weighted by atomic mass is 16.7. The number of phenols is 2. The van der Waals surface area contributed by atoms with E-state index < -0.39 is 48.5 Å². The topological polar surface area (TPSA) is 189 Å². The number of ether oxygens (including phenoxy) is 4. The minimum atomic E-state index is -1.68. The first-order valence-corrected chi connectivity index (χ1v) is 10.4. The Balaban J connectivity index is 1.75. The Morgan fingerprint density at radius 2 is 1.57 bits per heavy atom. The lowest BCUT2D eigenvalue weighted by atomic mass is 9.99. The average molecular weight is 492 g/mol. The Morgan fingerprint density at radius 3 is 2.17 bits per heavy atom. The van der Waals surface area contributed by atoms with Crippen LogP contribution in [0.1, 0.15) is 0 Å². The van der Waals surface area contributed by atoms with E-state index >= 15 is 0 Å². The van der Waals surface area contributed by atoms with Gasteiger partial charge in [-0.2, -0.15) is 0 Å². The molecule has 0 saturated carbocycles. The van der Waals surface area contributed by atoms with Crippen molar-refractivity contribution in [2.45, 2.75) is 30.7 Å². The number of hydrogen-bond donors (Lipinski definition) is 6. The fraction of sp³-hybridized carbons (Fsp3) is 0.348. The van der Waals surface area contributed by atoms with Gasteiger partial charge in [-0.25, -0.2) is 0 Å². The molecule has 0 amide bonds. The number of hydrogen-bond acceptors (Lipinski definition) is 12. The molecule has 1 saturated heterocycles. The van der Waals surface area contributed by atoms with Gasteiger partial charge in [0.25, 0.3) is 0 Å². The molecular weight excluding hydrogens is 468 g/mol. The molecule has 5 atom stereocenters. The fourth-order valence-corrected chi connectivity index (χ4v) is 3.79. The lowest BCUT2D eigenvalue weighted by Gasteiger charge is -2.39. The molecular formula is C23H24O12. The van der Waals surface area contributed by atoms with Crippen LogP contribution in [0.3, 0.4) is 0 Å². The molecule has 6 N–H and O–H groups in total. The highest BCUT2D eigenvalue weighted by Gasteiger charge is 2.44. The quantitative estimate of drug-likeness (QED) is 0.272. The fourth-order valence-electron chi connectivity index (χ4n) is 3.79. The highest BCUT2D eigenvalue weighted by Crippen LogP contribution is 2.41. The summed E-state index contributed by atoms with van der Waals surface area (Å²) in [5.41, 5.74) is -0.336. The van der Waals surface area contributed by atoms with Crippen molar-refractivity contribution in [1.29, 1.82) is 0 Å². The van der Waals surface area contributed by atoms with E-state index in [1.165, 1.54) is 32.4 Å². The normalized spacial score (nSPS) is 24.3. The third-order valence-corrected chi connectivity index (χ3v) is 5.65. The average Bonchev–Trinajstić information content (AvgIpc) is 2.84. The van der Waals surface area contributed by atoms with E-state index in [0.29, 0.717) is 5.56 Å². The first-order valence-electron chi connectivity index (χ1n) is 10.4. The summed E-state index contributed by atoms with van der Waals surface area (Å²) in [5, 5.41) is 59.8. The van der Waals surface area contributed by atoms with Crippen LogP contribution < -0.4 is 19.6 Å². The number of rotatable bonds is 6. The molecule has 1 aliphatic rings. The van der Waals surface area contributed by atoms with E-state index in [2.05, 4.69) is 0 Å². The van der Waals surface area contributed by atoms with Crippen LogP contribution in [0.5, 0.6) is 28.7 Å². The molecule has 2 aromatic carbocycles. The number of phenolic OH excluding ortho intramolecular Hbond substituents is 2. The van der Waals surface area contributed by atoms with Crippen molar-refractivity contribution < 1.29 is 54.0 Å². The molecule has 4 rings (SSSR count). The van der Waals surface area contributed by atoms with E-state index in [-0.39, 0.29) is 39.7 Å². The molecule has 1 aliphatic heterocycles. The minimum Gasteiger partial charge on any atom is -0.507 e. The van der Waals surface area contributed by atoms with Crippen LogP contribution in [0.25, 0.3) is 22.3 Å². The summed E-state index contributed by atoms with van der Waals surface area (Å²) >= 11 is 0. The van der Waals surface area contributed by atoms with Gasteiger partial charge in [-0.15, -0.1) is 0 Å². The molecule has 1 fully saturated rings. The summed E-state index contributed by atoms with van der Waals surface area (Å²) in [7, 11) is 2.69. The van der Waals surface area contributed by atoms with Gasteiger partial charge in [-0.05, 0) is 12.1 Å². The molecule has 12 nitrogen and oxygen atoms in total. The Labute approximate surface area is 197 Å². The van der Waals surface area contributed by atoms with Crippen LogP contribution in [0, 0.1) is 0 Å². The Kier molecular flexibility index (Phi) is 6.74. The Hall–Kier alpha value is -3.55. The molecule has 0 radical (unpaired) electrons. The monoisotopic (exact) mass is 492 g/mol. The second-order valence-electron chi connectivity index (χ2n) is 7.83. The number of aromatic hydroxyl groups is 2. The van der Waals surface area contributed by atoms with Gasteiger partial charge in [0, 0.05) is 23.8 Å². The van der Waals surface area contributed by atoms with Crippen molar-refractivity contribution in [2.24, 2.45) is 0 Å². The van der Waals surface area contributed by atoms with Crippen molar-refractivity contribution in [3.63, 3.8) is 0 Å². The summed E-state index contributed by atoms with van der Waals surface area (Å²) in [6, 6.07) is 6.35. The lowest BCUT2D eigenvalue weighted by molar-refractivity contribution is -0.277. The van der Waals surface area contributed by atoms with E-state index in [1.54, 1.807) is 0 Å². The molecule has 0 aliphatic carbocycles. The lowest BCUT2D eigenvalue weighted by Crippen LogP contribution is -2.60. The molecule has 0 spiro atoms. The van der Waals surface area contributed by atoms with Gasteiger partial charge in [-0.1, -0.05) is 0 Å². The number of benzene rings is 2. The molecule has 35 heavy (non-hydrogen) atoms. The van der Waals surface area contributed by atoms with Crippen molar-refractivity contribution in [1.82, 2.24) is 0 Å². The van der Waals surface area contributed by atoms with Gasteiger partial charge >= 0.3 is 0 Å². The zero-order chi connectivity index (χ0) is 25.4. The summed E-state index contributed by atoms with van der Waals surface area (Å²) < 4.78 is 26.9. The summed E-state index contributed by atoms with van der Waals surface area (Å²) in [4.78, 5) is 12.8. The summed E-state index contributed by atoms with van der Waals surface area (Å²) in [5.74, 6) is -0.615. The third-order valence-electron chi connectivity index (χ3n) is 5.65. The van der Waals surface area contributed by atoms with Crippen molar-refractivity contribution in [3.8, 4) is 40.1 Å². The predicted molar refractivity (Wildman–Crippen MR) is 119 cm³/mol. The molecule has 12 heteroatoms. The maximum atomic E-state index is 12.8. The number of aliphatic hydroxyl groups is 4. The largest absolute Gasteiger partial charge is 0.507 e. The summed E-state index contributed by atoms with van der Waals surface area (Å²) in [6.07, 6.45) is -7.62. The molecule has 1 aromatic heterocycles. The SMILES string of the molecule is COc1cc(-c2cc(=O)c3c(O)cc(O[C@@H]4O[C@@H](CO)[C@H](O)[C@@H](O)[C@@H]4O)cc3o2)cc(OC)c1O. The first-order chi connectivity index (χ1) is 16.7. The maximum absolute atomic E-state index is 12.8. The first kappa shape index (κ1) is 24.6. The van der Waals surface area contributed by atoms with Gasteiger partial charge in [0.1, 0.15) is 52.6 Å². The van der Waals surface area contributed by atoms with Crippen molar-refractivity contribution in [3.05, 3.63) is 40.6 Å². The standard InChI is InChI=1S/C23H24O12/c1-31-15-3-9(4-16(32-2)19(15)27)13-7-12(26)18-11(25)5-10(6-14(18)34-13)33-23-22(30)21(29)20(28)17(8-24)35-23/h3-7,17,20-25,27-30H,8H2,1-2H3/t17-,20-,21+,22-,23+/m0/s1. The van der Waals surface area contributed by atoms with Crippen LogP contribution in [0.15, 0.2) is 39.5 Å². The van der Waals surface area contributed by atoms with Gasteiger partial charge in [0.05, 0.1) is 20.8 Å². The molecule has 2 heterocycles. The molecule has 0 unspecified atom stereocenters. The zero-order valence-electron chi connectivity index (χ0n) is 18.6. The van der Waals surface area contributed by atoms with Crippen molar-refractivity contribution in [2.75, 3.05) is 20.8 Å². The van der Waals surface area contributed by atoms with Crippen LogP contribution in [0.2, 0.25) is 0 Å². The van der Waals surface area contributed by atoms with Crippen LogP contribution in [-0.2, 0) is 4.74 Å². The van der Waals surface area contributed by atoms with Crippen LogP contribution in [0.4, 0.5) is 0 Å². The minimum absolute atomic E-state index is 0.0588. The number of aliphatic hydroxyl groups excluding tert-OH is 4. The second-order valence-corrected chi connectivity index (χ2v) is 7.83. The Bertz CT molecular complexity index is 1260. The van der Waals surface area contributed by atoms with Gasteiger partial charge in [0.2, 0.25) is 12.0 Å². The van der Waals surface area contributed by atoms with Crippen LogP contribution in [-0.4, -0.2) is 82.2 Å². The van der Waals surface area contributed by atoms with E-state index in [9.17, 15) is 35.4 Å². The smallest absolute Gasteiger partial charge is 0.229 e. The molecule has 188 valence electrons. The highest BCUT2D eigenvalue weighted by molar-refractivity contribution is 5.86. The molecule has 3 aromatic rings. The predicted octanol–water partition coefficient (Wildman–Crippen LogP) is 0.0671. The summed E-state index contributed by atoms with van der Waals surface area (Å²) in [6.45, 7) is -0.647.